The van der Waals surface area contributed by atoms with Gasteiger partial charge in [-0.1, -0.05) is 12.1 Å². The van der Waals surface area contributed by atoms with E-state index in [0.29, 0.717) is 29.6 Å². The van der Waals surface area contributed by atoms with Crippen LogP contribution in [0.2, 0.25) is 0 Å². The van der Waals surface area contributed by atoms with E-state index < -0.39 is 15.7 Å². The van der Waals surface area contributed by atoms with Crippen LogP contribution in [0.1, 0.15) is 34.7 Å². The van der Waals surface area contributed by atoms with Crippen LogP contribution in [0.4, 0.5) is 5.69 Å². The molecule has 1 aliphatic rings. The molecule has 3 aromatic rings. The van der Waals surface area contributed by atoms with Gasteiger partial charge in [-0.15, -0.1) is 0 Å². The minimum atomic E-state index is -2.93. The average Bonchev–Trinajstić information content (AvgIpc) is 3.05. The van der Waals surface area contributed by atoms with E-state index in [2.05, 4.69) is 4.98 Å². The summed E-state index contributed by atoms with van der Waals surface area (Å²) in [6.07, 6.45) is 3.06. The SMILES string of the molecule is NC(=O)c1cc(-c2ccc(N)cc2)cc2c(C3CCS(=O)(=O)CC3)c[nH]c12. The summed E-state index contributed by atoms with van der Waals surface area (Å²) in [6, 6.07) is 11.2. The zero-order chi connectivity index (χ0) is 19.2. The highest BCUT2D eigenvalue weighted by Gasteiger charge is 2.27. The van der Waals surface area contributed by atoms with Crippen molar-refractivity contribution in [3.8, 4) is 11.1 Å². The Balaban J connectivity index is 1.85. The smallest absolute Gasteiger partial charge is 0.250 e. The van der Waals surface area contributed by atoms with Crippen LogP contribution < -0.4 is 11.5 Å². The van der Waals surface area contributed by atoms with Crippen LogP contribution in [-0.2, 0) is 9.84 Å². The second kappa shape index (κ2) is 6.42. The molecule has 0 atom stereocenters. The van der Waals surface area contributed by atoms with Gasteiger partial charge in [0.15, 0.2) is 0 Å². The van der Waals surface area contributed by atoms with Crippen LogP contribution in [0.15, 0.2) is 42.6 Å². The third-order valence-electron chi connectivity index (χ3n) is 5.33. The van der Waals surface area contributed by atoms with Gasteiger partial charge < -0.3 is 16.5 Å². The Morgan fingerprint density at radius 3 is 2.33 bits per heavy atom. The van der Waals surface area contributed by atoms with Crippen LogP contribution >= 0.6 is 0 Å². The number of rotatable bonds is 3. The van der Waals surface area contributed by atoms with Crippen molar-refractivity contribution in [2.75, 3.05) is 17.2 Å². The lowest BCUT2D eigenvalue weighted by Gasteiger charge is -2.21. The van der Waals surface area contributed by atoms with Gasteiger partial charge in [-0.05, 0) is 59.7 Å². The predicted octanol–water partition coefficient (Wildman–Crippen LogP) is 2.81. The lowest BCUT2D eigenvalue weighted by molar-refractivity contribution is 0.100. The zero-order valence-electron chi connectivity index (χ0n) is 14.7. The summed E-state index contributed by atoms with van der Waals surface area (Å²) in [4.78, 5) is 15.2. The summed E-state index contributed by atoms with van der Waals surface area (Å²) >= 11 is 0. The molecule has 0 unspecified atom stereocenters. The number of carbonyl (C=O) groups is 1. The number of aromatic amines is 1. The number of H-pyrrole nitrogens is 1. The maximum atomic E-state index is 12.0. The minimum Gasteiger partial charge on any atom is -0.399 e. The fourth-order valence-corrected chi connectivity index (χ4v) is 5.32. The normalized spacial score (nSPS) is 17.2. The summed E-state index contributed by atoms with van der Waals surface area (Å²) < 4.78 is 23.5. The molecule has 0 spiro atoms. The number of fused-ring (bicyclic) bond motifs is 1. The first-order chi connectivity index (χ1) is 12.8. The predicted molar refractivity (Wildman–Crippen MR) is 107 cm³/mol. The standard InChI is InChI=1S/C20H21N3O3S/c21-15-3-1-12(2-4-15)14-9-16-18(13-5-7-27(25,26)8-6-13)11-23-19(16)17(10-14)20(22)24/h1-4,9-11,13,23H,5-8,21H2,(H2,22,24). The Bertz CT molecular complexity index is 1120. The van der Waals surface area contributed by atoms with E-state index in [1.165, 1.54) is 0 Å². The minimum absolute atomic E-state index is 0.143. The Labute approximate surface area is 157 Å². The molecule has 0 aliphatic carbocycles. The maximum absolute atomic E-state index is 12.0. The largest absolute Gasteiger partial charge is 0.399 e. The quantitative estimate of drug-likeness (QED) is 0.602. The number of hydrogen-bond acceptors (Lipinski definition) is 4. The highest BCUT2D eigenvalue weighted by molar-refractivity contribution is 7.91. The van der Waals surface area contributed by atoms with Gasteiger partial charge in [0.2, 0.25) is 0 Å². The number of nitrogens with two attached hydrogens (primary N) is 2. The van der Waals surface area contributed by atoms with E-state index in [9.17, 15) is 13.2 Å². The van der Waals surface area contributed by atoms with Crippen LogP contribution in [0, 0.1) is 0 Å². The topological polar surface area (TPSA) is 119 Å². The molecule has 1 amide bonds. The number of benzene rings is 2. The lowest BCUT2D eigenvalue weighted by Crippen LogP contribution is -2.22. The van der Waals surface area contributed by atoms with E-state index in [4.69, 9.17) is 11.5 Å². The van der Waals surface area contributed by atoms with Gasteiger partial charge in [-0.25, -0.2) is 8.42 Å². The number of primary amides is 1. The van der Waals surface area contributed by atoms with Gasteiger partial charge in [-0.3, -0.25) is 4.79 Å². The first-order valence-corrected chi connectivity index (χ1v) is 10.7. The number of nitrogens with one attached hydrogen (secondary N) is 1. The number of sulfone groups is 1. The Hall–Kier alpha value is -2.80. The summed E-state index contributed by atoms with van der Waals surface area (Å²) in [7, 11) is -2.93. The van der Waals surface area contributed by atoms with E-state index in [0.717, 1.165) is 22.1 Å². The van der Waals surface area contributed by atoms with E-state index >= 15 is 0 Å². The highest BCUT2D eigenvalue weighted by Crippen LogP contribution is 2.37. The summed E-state index contributed by atoms with van der Waals surface area (Å²) in [6.45, 7) is 0. The molecule has 6 nitrogen and oxygen atoms in total. The molecule has 0 saturated carbocycles. The maximum Gasteiger partial charge on any atom is 0.250 e. The summed E-state index contributed by atoms with van der Waals surface area (Å²) in [5.74, 6) is 0.0385. The van der Waals surface area contributed by atoms with Crippen molar-refractivity contribution in [2.45, 2.75) is 18.8 Å². The van der Waals surface area contributed by atoms with E-state index in [1.54, 1.807) is 6.07 Å². The van der Waals surface area contributed by atoms with Crippen molar-refractivity contribution in [1.29, 1.82) is 0 Å². The van der Waals surface area contributed by atoms with Crippen LogP contribution in [0.25, 0.3) is 22.0 Å². The highest BCUT2D eigenvalue weighted by atomic mass is 32.2. The summed E-state index contributed by atoms with van der Waals surface area (Å²) in [5.41, 5.74) is 16.0. The molecule has 1 saturated heterocycles. The molecule has 140 valence electrons. The van der Waals surface area contributed by atoms with Crippen molar-refractivity contribution in [1.82, 2.24) is 4.98 Å². The van der Waals surface area contributed by atoms with Crippen LogP contribution in [0.5, 0.6) is 0 Å². The molecule has 5 N–H and O–H groups in total. The molecule has 0 bridgehead atoms. The summed E-state index contributed by atoms with van der Waals surface area (Å²) in [5, 5.41) is 0.919. The average molecular weight is 383 g/mol. The van der Waals surface area contributed by atoms with Gasteiger partial charge in [0.05, 0.1) is 22.6 Å². The number of nitrogen functional groups attached to an aromatic ring is 1. The molecule has 4 rings (SSSR count). The molecule has 2 heterocycles. The van der Waals surface area contributed by atoms with Crippen molar-refractivity contribution in [3.63, 3.8) is 0 Å². The molecule has 1 fully saturated rings. The molecule has 1 aliphatic heterocycles. The number of aromatic nitrogens is 1. The second-order valence-corrected chi connectivity index (χ2v) is 9.41. The molecule has 7 heteroatoms. The van der Waals surface area contributed by atoms with Crippen LogP contribution in [-0.4, -0.2) is 30.8 Å². The van der Waals surface area contributed by atoms with Gasteiger partial charge in [-0.2, -0.15) is 0 Å². The zero-order valence-corrected chi connectivity index (χ0v) is 15.6. The third kappa shape index (κ3) is 3.30. The molecule has 0 radical (unpaired) electrons. The number of amides is 1. The first-order valence-electron chi connectivity index (χ1n) is 8.85. The number of carbonyl (C=O) groups excluding carboxylic acids is 1. The van der Waals surface area contributed by atoms with Gasteiger partial charge >= 0.3 is 0 Å². The van der Waals surface area contributed by atoms with Gasteiger partial charge in [0, 0.05) is 17.3 Å². The number of hydrogen-bond donors (Lipinski definition) is 3. The van der Waals surface area contributed by atoms with Gasteiger partial charge in [0.1, 0.15) is 9.84 Å². The van der Waals surface area contributed by atoms with E-state index in [1.807, 2.05) is 36.5 Å². The molecular weight excluding hydrogens is 362 g/mol. The fraction of sp³-hybridized carbons (Fsp3) is 0.250. The van der Waals surface area contributed by atoms with E-state index in [-0.39, 0.29) is 17.4 Å². The Kier molecular flexibility index (Phi) is 4.19. The molecule has 2 aromatic carbocycles. The van der Waals surface area contributed by atoms with Crippen LogP contribution in [0.3, 0.4) is 0 Å². The van der Waals surface area contributed by atoms with Crippen molar-refractivity contribution in [2.24, 2.45) is 5.73 Å². The Morgan fingerprint density at radius 2 is 1.70 bits per heavy atom. The molecule has 1 aromatic heterocycles. The monoisotopic (exact) mass is 383 g/mol. The van der Waals surface area contributed by atoms with Crippen molar-refractivity contribution < 1.29 is 13.2 Å². The lowest BCUT2D eigenvalue weighted by atomic mass is 9.91. The Morgan fingerprint density at radius 1 is 1.04 bits per heavy atom. The first kappa shape index (κ1) is 17.6. The molecule has 27 heavy (non-hydrogen) atoms. The molecular formula is C20H21N3O3S. The number of anilines is 1. The fourth-order valence-electron chi connectivity index (χ4n) is 3.83. The third-order valence-corrected chi connectivity index (χ3v) is 7.04. The van der Waals surface area contributed by atoms with Crippen molar-refractivity contribution in [3.05, 3.63) is 53.7 Å². The second-order valence-electron chi connectivity index (χ2n) is 7.10. The van der Waals surface area contributed by atoms with Gasteiger partial charge in [0.25, 0.3) is 5.91 Å². The van der Waals surface area contributed by atoms with Crippen molar-refractivity contribution >= 4 is 32.3 Å².